The topological polar surface area (TPSA) is 83.5 Å². The molecule has 100 valence electrons. The van der Waals surface area contributed by atoms with Crippen LogP contribution in [0.5, 0.6) is 0 Å². The molecule has 2 rings (SSSR count). The molecule has 0 saturated carbocycles. The number of ether oxygens (including phenoxy) is 1. The molecular weight excluding hydrogens is 238 g/mol. The molecule has 1 aliphatic rings. The van der Waals surface area contributed by atoms with E-state index in [4.69, 9.17) is 9.26 Å². The first-order valence-corrected chi connectivity index (χ1v) is 5.88. The van der Waals surface area contributed by atoms with Gasteiger partial charge in [-0.3, -0.25) is 14.6 Å². The first-order valence-electron chi connectivity index (χ1n) is 5.88. The predicted octanol–water partition coefficient (Wildman–Crippen LogP) is -1.39. The number of nitrogens with one attached hydrogen (secondary N) is 2. The lowest BCUT2D eigenvalue weighted by Gasteiger charge is -2.19. The van der Waals surface area contributed by atoms with E-state index in [1.165, 1.54) is 6.92 Å². The molecule has 0 unspecified atom stereocenters. The standard InChI is InChI=1S/C10H17N5O3/c1-8(16)12-10-9(7-11-2)15(13-18-10)14-3-5-17-6-4-14/h11H,3-7H2,1-2H3/p+1. The van der Waals surface area contributed by atoms with Crippen molar-refractivity contribution in [3.05, 3.63) is 5.69 Å². The van der Waals surface area contributed by atoms with Crippen LogP contribution in [0.2, 0.25) is 0 Å². The highest BCUT2D eigenvalue weighted by Gasteiger charge is 2.31. The van der Waals surface area contributed by atoms with Gasteiger partial charge < -0.3 is 10.1 Å². The van der Waals surface area contributed by atoms with E-state index in [1.807, 2.05) is 12.1 Å². The number of rotatable bonds is 4. The van der Waals surface area contributed by atoms with Crippen molar-refractivity contribution in [2.45, 2.75) is 13.5 Å². The molecule has 0 atom stereocenters. The van der Waals surface area contributed by atoms with E-state index in [2.05, 4.69) is 15.9 Å². The molecule has 1 saturated heterocycles. The van der Waals surface area contributed by atoms with Crippen LogP contribution in [-0.2, 0) is 16.1 Å². The quantitative estimate of drug-likeness (QED) is 0.645. The molecule has 0 aliphatic carbocycles. The Bertz CT molecular complexity index is 414. The summed E-state index contributed by atoms with van der Waals surface area (Å²) < 4.78 is 10.5. The molecule has 8 nitrogen and oxygen atoms in total. The highest BCUT2D eigenvalue weighted by molar-refractivity contribution is 5.87. The summed E-state index contributed by atoms with van der Waals surface area (Å²) in [6.45, 7) is 4.80. The Kier molecular flexibility index (Phi) is 4.11. The zero-order valence-corrected chi connectivity index (χ0v) is 10.6. The van der Waals surface area contributed by atoms with Crippen molar-refractivity contribution < 1.29 is 18.8 Å². The van der Waals surface area contributed by atoms with Crippen molar-refractivity contribution in [2.75, 3.05) is 43.7 Å². The van der Waals surface area contributed by atoms with E-state index in [0.29, 0.717) is 25.6 Å². The smallest absolute Gasteiger partial charge is 0.322 e. The van der Waals surface area contributed by atoms with Gasteiger partial charge >= 0.3 is 11.6 Å². The van der Waals surface area contributed by atoms with Gasteiger partial charge in [-0.1, -0.05) is 0 Å². The Morgan fingerprint density at radius 3 is 2.83 bits per heavy atom. The normalized spacial score (nSPS) is 15.8. The molecule has 8 heteroatoms. The lowest BCUT2D eigenvalue weighted by atomic mass is 10.4. The maximum atomic E-state index is 11.1. The van der Waals surface area contributed by atoms with Gasteiger partial charge in [0, 0.05) is 6.92 Å². The lowest BCUT2D eigenvalue weighted by molar-refractivity contribution is -0.765. The van der Waals surface area contributed by atoms with Gasteiger partial charge in [0.25, 0.3) is 0 Å². The average molecular weight is 256 g/mol. The largest absolute Gasteiger partial charge is 0.377 e. The number of carbonyl (C=O) groups excluding carboxylic acids is 1. The van der Waals surface area contributed by atoms with Crippen LogP contribution in [-0.4, -0.2) is 44.5 Å². The molecule has 2 N–H and O–H groups in total. The van der Waals surface area contributed by atoms with Crippen LogP contribution in [0.15, 0.2) is 4.52 Å². The van der Waals surface area contributed by atoms with Crippen molar-refractivity contribution in [3.63, 3.8) is 0 Å². The van der Waals surface area contributed by atoms with Gasteiger partial charge in [-0.05, 0) is 7.05 Å². The Labute approximate surface area is 105 Å². The molecule has 0 bridgehead atoms. The first kappa shape index (κ1) is 12.8. The second-order valence-electron chi connectivity index (χ2n) is 4.02. The minimum Gasteiger partial charge on any atom is -0.377 e. The molecule has 1 aromatic rings. The molecule has 0 radical (unpaired) electrons. The number of carbonyl (C=O) groups is 1. The summed E-state index contributed by atoms with van der Waals surface area (Å²) in [5.41, 5.74) is 0.787. The summed E-state index contributed by atoms with van der Waals surface area (Å²) in [7, 11) is 1.83. The van der Waals surface area contributed by atoms with E-state index >= 15 is 0 Å². The van der Waals surface area contributed by atoms with E-state index in [9.17, 15) is 4.79 Å². The number of hydrogen-bond donors (Lipinski definition) is 2. The van der Waals surface area contributed by atoms with Gasteiger partial charge in [-0.15, -0.1) is 5.01 Å². The van der Waals surface area contributed by atoms with Crippen molar-refractivity contribution in [1.29, 1.82) is 0 Å². The maximum absolute atomic E-state index is 11.1. The fourth-order valence-electron chi connectivity index (χ4n) is 1.81. The summed E-state index contributed by atoms with van der Waals surface area (Å²) in [5, 5.41) is 11.7. The Balaban J connectivity index is 2.22. The van der Waals surface area contributed by atoms with E-state index < -0.39 is 0 Å². The zero-order chi connectivity index (χ0) is 13.0. The van der Waals surface area contributed by atoms with Gasteiger partial charge in [0.2, 0.25) is 11.2 Å². The van der Waals surface area contributed by atoms with Crippen molar-refractivity contribution in [1.82, 2.24) is 10.6 Å². The number of amides is 1. The van der Waals surface area contributed by atoms with Crippen LogP contribution in [0.25, 0.3) is 0 Å². The second-order valence-corrected chi connectivity index (χ2v) is 4.02. The molecule has 0 aromatic carbocycles. The summed E-state index contributed by atoms with van der Waals surface area (Å²) in [4.78, 5) is 12.8. The summed E-state index contributed by atoms with van der Waals surface area (Å²) in [6, 6.07) is 0. The minimum atomic E-state index is -0.183. The summed E-state index contributed by atoms with van der Waals surface area (Å²) in [6.07, 6.45) is 0. The monoisotopic (exact) mass is 256 g/mol. The SMILES string of the molecule is CNCc1c(NC(C)=O)on[n+]1N1CCOCC1. The third-order valence-electron chi connectivity index (χ3n) is 2.60. The van der Waals surface area contributed by atoms with Gasteiger partial charge in [-0.25, -0.2) is 0 Å². The van der Waals surface area contributed by atoms with E-state index in [0.717, 1.165) is 18.8 Å². The van der Waals surface area contributed by atoms with Crippen LogP contribution in [0.3, 0.4) is 0 Å². The molecule has 1 aliphatic heterocycles. The van der Waals surface area contributed by atoms with Gasteiger partial charge in [0.05, 0.1) is 37.6 Å². The third kappa shape index (κ3) is 2.77. The lowest BCUT2D eigenvalue weighted by Crippen LogP contribution is -2.65. The highest BCUT2D eigenvalue weighted by Crippen LogP contribution is 2.10. The predicted molar refractivity (Wildman–Crippen MR) is 62.5 cm³/mol. The van der Waals surface area contributed by atoms with Crippen LogP contribution < -0.4 is 20.4 Å². The first-order chi connectivity index (χ1) is 8.72. The van der Waals surface area contributed by atoms with E-state index in [1.54, 1.807) is 4.79 Å². The number of hydrogen-bond acceptors (Lipinski definition) is 6. The van der Waals surface area contributed by atoms with Crippen LogP contribution in [0.1, 0.15) is 12.6 Å². The molecule has 2 heterocycles. The molecule has 1 aromatic heterocycles. The Morgan fingerprint density at radius 1 is 1.50 bits per heavy atom. The Morgan fingerprint density at radius 2 is 2.22 bits per heavy atom. The van der Waals surface area contributed by atoms with Gasteiger partial charge in [-0.2, -0.15) is 0 Å². The maximum Gasteiger partial charge on any atom is 0.322 e. The molecular formula is C10H18N5O3+. The molecule has 18 heavy (non-hydrogen) atoms. The molecule has 0 spiro atoms. The van der Waals surface area contributed by atoms with Crippen LogP contribution in [0, 0.1) is 0 Å². The number of nitrogens with zero attached hydrogens (tertiary/aromatic N) is 3. The molecule has 1 amide bonds. The van der Waals surface area contributed by atoms with Crippen molar-refractivity contribution in [3.8, 4) is 0 Å². The number of anilines is 1. The van der Waals surface area contributed by atoms with Gasteiger partial charge in [0.1, 0.15) is 0 Å². The number of aromatic nitrogens is 2. The third-order valence-corrected chi connectivity index (χ3v) is 2.60. The van der Waals surface area contributed by atoms with Crippen molar-refractivity contribution in [2.24, 2.45) is 0 Å². The fourth-order valence-corrected chi connectivity index (χ4v) is 1.81. The Hall–Kier alpha value is -1.67. The average Bonchev–Trinajstić information content (AvgIpc) is 2.73. The van der Waals surface area contributed by atoms with Crippen LogP contribution in [0.4, 0.5) is 5.88 Å². The minimum absolute atomic E-state index is 0.183. The summed E-state index contributed by atoms with van der Waals surface area (Å²) in [5.74, 6) is 0.195. The van der Waals surface area contributed by atoms with E-state index in [-0.39, 0.29) is 5.91 Å². The second kappa shape index (κ2) is 5.78. The van der Waals surface area contributed by atoms with Crippen LogP contribution >= 0.6 is 0 Å². The van der Waals surface area contributed by atoms with Crippen molar-refractivity contribution >= 4 is 11.8 Å². The highest BCUT2D eigenvalue weighted by atomic mass is 16.5. The zero-order valence-electron chi connectivity index (χ0n) is 10.6. The fraction of sp³-hybridized carbons (Fsp3) is 0.700. The van der Waals surface area contributed by atoms with Gasteiger partial charge in [0.15, 0.2) is 0 Å². The molecule has 1 fully saturated rings. The number of morpholine rings is 1. The summed E-state index contributed by atoms with van der Waals surface area (Å²) >= 11 is 0.